The van der Waals surface area contributed by atoms with Crippen LogP contribution in [0.15, 0.2) is 66.2 Å². The van der Waals surface area contributed by atoms with Crippen LogP contribution in [0.4, 0.5) is 0 Å². The van der Waals surface area contributed by atoms with Crippen molar-refractivity contribution in [3.63, 3.8) is 0 Å². The molecule has 0 heterocycles. The third-order valence-corrected chi connectivity index (χ3v) is 8.45. The number of esters is 1. The van der Waals surface area contributed by atoms with Gasteiger partial charge in [0.1, 0.15) is 23.6 Å². The van der Waals surface area contributed by atoms with Crippen molar-refractivity contribution in [2.45, 2.75) is 91.1 Å². The number of ether oxygens (including phenoxy) is 2. The molecular weight excluding hydrogens is 472 g/mol. The average Bonchev–Trinajstić information content (AvgIpc) is 2.92. The Kier molecular flexibility index (Phi) is 10.8. The Morgan fingerprint density at radius 1 is 1.03 bits per heavy atom. The molecule has 0 N–H and O–H groups in total. The summed E-state index contributed by atoms with van der Waals surface area (Å²) in [4.78, 5) is 26.0. The third-order valence-electron chi connectivity index (χ3n) is 8.45. The van der Waals surface area contributed by atoms with Gasteiger partial charge in [0.25, 0.3) is 0 Å². The van der Waals surface area contributed by atoms with Gasteiger partial charge in [0, 0.05) is 12.3 Å². The summed E-state index contributed by atoms with van der Waals surface area (Å²) < 4.78 is 11.3. The van der Waals surface area contributed by atoms with Crippen molar-refractivity contribution in [3.8, 4) is 5.75 Å². The molecule has 0 saturated heterocycles. The fourth-order valence-corrected chi connectivity index (χ4v) is 5.67. The highest BCUT2D eigenvalue weighted by Gasteiger charge is 2.42. The molecule has 4 atom stereocenters. The van der Waals surface area contributed by atoms with E-state index in [2.05, 4.69) is 70.2 Å². The highest BCUT2D eigenvalue weighted by atomic mass is 16.5. The van der Waals surface area contributed by atoms with E-state index in [0.717, 1.165) is 37.9 Å². The lowest BCUT2D eigenvalue weighted by atomic mass is 9.64. The van der Waals surface area contributed by atoms with Crippen LogP contribution in [0, 0.1) is 17.8 Å². The van der Waals surface area contributed by atoms with Gasteiger partial charge in [-0.15, -0.1) is 0 Å². The van der Waals surface area contributed by atoms with E-state index in [0.29, 0.717) is 18.8 Å². The number of aryl methyl sites for hydroxylation is 1. The normalized spacial score (nSPS) is 21.0. The number of methoxy groups -OCH3 is 1. The zero-order valence-electron chi connectivity index (χ0n) is 24.2. The number of Topliss-reactive ketones (excluding diaryl/α,β-unsaturated/α-hetero) is 1. The SMILES string of the molecule is COc1ccc(CC/C=C(\C)CCC(=O)C(C)C(=O)O[C@@H]2C[C@H](C)CC[C@H]2C(C)(C)c2ccccc2)cc1. The molecule has 4 nitrogen and oxygen atoms in total. The molecule has 1 saturated carbocycles. The quantitative estimate of drug-likeness (QED) is 0.163. The number of carbonyl (C=O) groups excluding carboxylic acids is 2. The summed E-state index contributed by atoms with van der Waals surface area (Å²) in [6.45, 7) is 10.5. The van der Waals surface area contributed by atoms with E-state index in [4.69, 9.17) is 9.47 Å². The second kappa shape index (κ2) is 13.8. The number of rotatable bonds is 12. The Bertz CT molecular complexity index is 1070. The first kappa shape index (κ1) is 29.7. The topological polar surface area (TPSA) is 52.6 Å². The van der Waals surface area contributed by atoms with Crippen LogP contribution in [0.1, 0.15) is 84.3 Å². The van der Waals surface area contributed by atoms with Gasteiger partial charge in [-0.2, -0.15) is 0 Å². The molecule has 1 unspecified atom stereocenters. The zero-order valence-corrected chi connectivity index (χ0v) is 24.2. The van der Waals surface area contributed by atoms with E-state index >= 15 is 0 Å². The Morgan fingerprint density at radius 3 is 2.37 bits per heavy atom. The van der Waals surface area contributed by atoms with Gasteiger partial charge >= 0.3 is 5.97 Å². The van der Waals surface area contributed by atoms with Gasteiger partial charge in [-0.1, -0.05) is 81.3 Å². The number of allylic oxidation sites excluding steroid dienone is 2. The van der Waals surface area contributed by atoms with Crippen molar-refractivity contribution in [1.29, 1.82) is 0 Å². The number of ketones is 1. The van der Waals surface area contributed by atoms with Crippen molar-refractivity contribution in [2.24, 2.45) is 17.8 Å². The summed E-state index contributed by atoms with van der Waals surface area (Å²) in [5, 5.41) is 0. The molecule has 0 amide bonds. The van der Waals surface area contributed by atoms with Gasteiger partial charge in [-0.05, 0) is 80.5 Å². The van der Waals surface area contributed by atoms with Gasteiger partial charge in [0.2, 0.25) is 0 Å². The van der Waals surface area contributed by atoms with Gasteiger partial charge < -0.3 is 9.47 Å². The van der Waals surface area contributed by atoms with Gasteiger partial charge in [-0.3, -0.25) is 9.59 Å². The molecule has 206 valence electrons. The van der Waals surface area contributed by atoms with Crippen LogP contribution in [-0.2, 0) is 26.2 Å². The molecule has 3 rings (SSSR count). The van der Waals surface area contributed by atoms with Crippen molar-refractivity contribution >= 4 is 11.8 Å². The number of benzene rings is 2. The minimum absolute atomic E-state index is 0.0411. The van der Waals surface area contributed by atoms with Crippen molar-refractivity contribution in [1.82, 2.24) is 0 Å². The summed E-state index contributed by atoms with van der Waals surface area (Å²) in [5.41, 5.74) is 3.58. The molecule has 0 spiro atoms. The van der Waals surface area contributed by atoms with Crippen molar-refractivity contribution < 1.29 is 19.1 Å². The predicted molar refractivity (Wildman–Crippen MR) is 154 cm³/mol. The number of hydrogen-bond donors (Lipinski definition) is 0. The summed E-state index contributed by atoms with van der Waals surface area (Å²) in [6, 6.07) is 18.6. The minimum atomic E-state index is -0.736. The molecule has 0 aliphatic heterocycles. The number of hydrogen-bond acceptors (Lipinski definition) is 4. The van der Waals surface area contributed by atoms with Crippen molar-refractivity contribution in [3.05, 3.63) is 77.4 Å². The smallest absolute Gasteiger partial charge is 0.316 e. The van der Waals surface area contributed by atoms with Crippen molar-refractivity contribution in [2.75, 3.05) is 7.11 Å². The monoisotopic (exact) mass is 518 g/mol. The lowest BCUT2D eigenvalue weighted by molar-refractivity contribution is -0.162. The van der Waals surface area contributed by atoms with Crippen LogP contribution in [0.5, 0.6) is 5.75 Å². The van der Waals surface area contributed by atoms with Crippen LogP contribution in [0.3, 0.4) is 0 Å². The molecule has 1 fully saturated rings. The fourth-order valence-electron chi connectivity index (χ4n) is 5.67. The Labute approximate surface area is 229 Å². The van der Waals surface area contributed by atoms with Gasteiger partial charge in [0.15, 0.2) is 0 Å². The Hall–Kier alpha value is -2.88. The molecule has 2 aromatic rings. The lowest BCUT2D eigenvalue weighted by Gasteiger charge is -2.44. The standard InChI is InChI=1S/C34H46O4/c1-24(11-10-12-27-17-19-29(37-6)20-18-27)16-22-31(35)26(3)33(36)38-32-23-25(2)15-21-30(32)34(4,5)28-13-8-7-9-14-28/h7-9,11,13-14,17-20,25-26,30,32H,10,12,15-16,21-23H2,1-6H3/b24-11+/t25-,26?,30-,32-/m1/s1. The van der Waals surface area contributed by atoms with Gasteiger partial charge in [0.05, 0.1) is 7.11 Å². The molecule has 2 aromatic carbocycles. The minimum Gasteiger partial charge on any atom is -0.497 e. The molecule has 4 heteroatoms. The van der Waals surface area contributed by atoms with E-state index in [-0.39, 0.29) is 29.2 Å². The largest absolute Gasteiger partial charge is 0.497 e. The molecule has 0 radical (unpaired) electrons. The molecular formula is C34H46O4. The summed E-state index contributed by atoms with van der Waals surface area (Å²) in [7, 11) is 1.67. The average molecular weight is 519 g/mol. The molecule has 38 heavy (non-hydrogen) atoms. The fraction of sp³-hybridized carbons (Fsp3) is 0.529. The summed E-state index contributed by atoms with van der Waals surface area (Å²) in [5.74, 6) is 0.445. The van der Waals surface area contributed by atoms with E-state index < -0.39 is 5.92 Å². The number of carbonyl (C=O) groups is 2. The van der Waals surface area contributed by atoms with E-state index in [1.165, 1.54) is 16.7 Å². The van der Waals surface area contributed by atoms with Crippen LogP contribution in [0.25, 0.3) is 0 Å². The van der Waals surface area contributed by atoms with Crippen LogP contribution >= 0.6 is 0 Å². The first-order valence-corrected chi connectivity index (χ1v) is 14.2. The highest BCUT2D eigenvalue weighted by molar-refractivity contribution is 5.98. The lowest BCUT2D eigenvalue weighted by Crippen LogP contribution is -2.44. The third kappa shape index (κ3) is 8.06. The summed E-state index contributed by atoms with van der Waals surface area (Å²) in [6.07, 6.45) is 7.92. The highest BCUT2D eigenvalue weighted by Crippen LogP contribution is 2.43. The predicted octanol–water partition coefficient (Wildman–Crippen LogP) is 7.89. The van der Waals surface area contributed by atoms with E-state index in [9.17, 15) is 9.59 Å². The molecule has 1 aliphatic rings. The molecule has 1 aliphatic carbocycles. The van der Waals surface area contributed by atoms with E-state index in [1.807, 2.05) is 18.2 Å². The Balaban J connectivity index is 1.52. The zero-order chi connectivity index (χ0) is 27.7. The summed E-state index contributed by atoms with van der Waals surface area (Å²) >= 11 is 0. The van der Waals surface area contributed by atoms with Crippen LogP contribution < -0.4 is 4.74 Å². The van der Waals surface area contributed by atoms with Gasteiger partial charge in [-0.25, -0.2) is 0 Å². The molecule has 0 aromatic heterocycles. The molecule has 0 bridgehead atoms. The maximum absolute atomic E-state index is 13.1. The Morgan fingerprint density at radius 2 is 1.71 bits per heavy atom. The van der Waals surface area contributed by atoms with E-state index in [1.54, 1.807) is 14.0 Å². The first-order chi connectivity index (χ1) is 18.1. The second-order valence-electron chi connectivity index (χ2n) is 11.7. The van der Waals surface area contributed by atoms with Crippen LogP contribution in [0.2, 0.25) is 0 Å². The maximum atomic E-state index is 13.1. The van der Waals surface area contributed by atoms with Crippen LogP contribution in [-0.4, -0.2) is 25.0 Å². The second-order valence-corrected chi connectivity index (χ2v) is 11.7. The first-order valence-electron chi connectivity index (χ1n) is 14.2. The maximum Gasteiger partial charge on any atom is 0.316 e.